The Balaban J connectivity index is 1.65. The third-order valence-electron chi connectivity index (χ3n) is 10.8. The van der Waals surface area contributed by atoms with Gasteiger partial charge in [0.1, 0.15) is 29.6 Å². The van der Waals surface area contributed by atoms with Gasteiger partial charge < -0.3 is 26.4 Å². The lowest BCUT2D eigenvalue weighted by Crippen LogP contribution is -2.61. The molecule has 4 rings (SSSR count). The van der Waals surface area contributed by atoms with E-state index in [0.717, 1.165) is 19.3 Å². The van der Waals surface area contributed by atoms with E-state index in [9.17, 15) is 42.0 Å². The van der Waals surface area contributed by atoms with Gasteiger partial charge >= 0.3 is 11.8 Å². The Labute approximate surface area is 371 Å². The highest BCUT2D eigenvalue weighted by Gasteiger charge is 2.42. The number of carbonyl (C=O) groups is 7. The van der Waals surface area contributed by atoms with Crippen molar-refractivity contribution in [1.29, 1.82) is 0 Å². The molecule has 0 bridgehead atoms. The van der Waals surface area contributed by atoms with Gasteiger partial charge in [0.15, 0.2) is 0 Å². The molecule has 0 radical (unpaired) electrons. The van der Waals surface area contributed by atoms with E-state index >= 15 is 0 Å². The van der Waals surface area contributed by atoms with Crippen molar-refractivity contribution >= 4 is 72.9 Å². The maximum absolute atomic E-state index is 14.6. The first kappa shape index (κ1) is 50.2. The molecule has 3 aromatic rings. The van der Waals surface area contributed by atoms with Crippen LogP contribution in [0, 0.1) is 17.8 Å². The number of aromatic nitrogens is 3. The number of thiazole rings is 1. The van der Waals surface area contributed by atoms with E-state index in [1.165, 1.54) is 24.7 Å². The van der Waals surface area contributed by atoms with Gasteiger partial charge in [0.25, 0.3) is 21.8 Å². The highest BCUT2D eigenvalue weighted by Crippen LogP contribution is 2.30. The number of imide groups is 3. The van der Waals surface area contributed by atoms with Gasteiger partial charge in [-0.15, -0.1) is 11.3 Å². The summed E-state index contributed by atoms with van der Waals surface area (Å²) in [6.07, 6.45) is 8.14. The van der Waals surface area contributed by atoms with Crippen molar-refractivity contribution in [3.05, 3.63) is 42.5 Å². The Morgan fingerprint density at radius 1 is 0.921 bits per heavy atom. The maximum atomic E-state index is 14.6. The van der Waals surface area contributed by atoms with Crippen LogP contribution in [0.3, 0.4) is 0 Å². The topological polar surface area (TPSA) is 279 Å². The number of rotatable bonds is 20. The lowest BCUT2D eigenvalue weighted by atomic mass is 9.84. The van der Waals surface area contributed by atoms with E-state index in [0.29, 0.717) is 47.7 Å². The van der Waals surface area contributed by atoms with Gasteiger partial charge in [-0.25, -0.2) is 19.6 Å². The number of ether oxygens (including phenoxy) is 1. The molecule has 7 amide bonds. The van der Waals surface area contributed by atoms with Gasteiger partial charge in [-0.1, -0.05) is 73.1 Å². The van der Waals surface area contributed by atoms with Crippen LogP contribution in [0.1, 0.15) is 116 Å². The average molecular weight is 914 g/mol. The zero-order valence-corrected chi connectivity index (χ0v) is 38.2. The first-order valence-electron chi connectivity index (χ1n) is 21.3. The number of amides is 7. The van der Waals surface area contributed by atoms with Crippen molar-refractivity contribution < 1.29 is 46.7 Å². The predicted molar refractivity (Wildman–Crippen MR) is 233 cm³/mol. The van der Waals surface area contributed by atoms with Gasteiger partial charge in [0.05, 0.1) is 23.0 Å². The molecule has 1 unspecified atom stereocenters. The minimum absolute atomic E-state index is 0.0210. The molecule has 344 valence electrons. The molecule has 5 atom stereocenters. The van der Waals surface area contributed by atoms with Crippen LogP contribution in [0.5, 0.6) is 5.75 Å². The number of nitrogens with one attached hydrogen (secondary N) is 4. The zero-order chi connectivity index (χ0) is 46.4. The second-order valence-electron chi connectivity index (χ2n) is 16.1. The summed E-state index contributed by atoms with van der Waals surface area (Å²) in [6, 6.07) is -0.106. The Hall–Kier alpha value is -5.41. The van der Waals surface area contributed by atoms with Crippen molar-refractivity contribution in [2.75, 3.05) is 6.61 Å². The van der Waals surface area contributed by atoms with Crippen LogP contribution in [0.15, 0.2) is 41.1 Å². The monoisotopic (exact) mass is 913 g/mol. The van der Waals surface area contributed by atoms with Crippen LogP contribution in [0.4, 0.5) is 0 Å². The largest absolute Gasteiger partial charge is 0.494 e. The second-order valence-corrected chi connectivity index (χ2v) is 19.0. The molecule has 19 nitrogen and oxygen atoms in total. The third-order valence-corrected chi connectivity index (χ3v) is 13.5. The molecular formula is C42H59N9O10S2. The van der Waals surface area contributed by atoms with E-state index in [2.05, 4.69) is 30.9 Å². The van der Waals surface area contributed by atoms with E-state index in [1.807, 2.05) is 13.8 Å². The molecule has 1 saturated carbocycles. The fourth-order valence-electron chi connectivity index (χ4n) is 7.06. The Bertz CT molecular complexity index is 2210. The molecular weight excluding hydrogens is 855 g/mol. The standard InChI is InChI=1S/C42H59N9O10S2/c1-7-25(6)35(49-36(53)30(19-24(4)5)46-37(54)32-23-44-17-18-45-32)38(55)47-31(20-26-13-11-10-12-14-26)40(57)51(34(52)21-27(43)8-2)41(58)39(56)50-63(59,60)42-48-29-16-15-28(61-9-3)22-33(29)62-42/h15-18,22-27,30-31,35H,7-14,19-21,43H2,1-6H3,(H,46,54)(H,47,55)(H,49,53)(H,50,56)/t25-,27?,30-,31-,35-/m0/s1. The highest BCUT2D eigenvalue weighted by atomic mass is 32.2. The van der Waals surface area contributed by atoms with Crippen LogP contribution in [-0.2, 0) is 38.8 Å². The van der Waals surface area contributed by atoms with Crippen molar-refractivity contribution in [3.8, 4) is 5.75 Å². The normalized spacial score (nSPS) is 15.6. The number of hydrogen-bond donors (Lipinski definition) is 5. The molecule has 6 N–H and O–H groups in total. The number of fused-ring (bicyclic) bond motifs is 1. The van der Waals surface area contributed by atoms with E-state index < -0.39 is 92.2 Å². The minimum atomic E-state index is -4.81. The summed E-state index contributed by atoms with van der Waals surface area (Å²) in [5, 5.41) is 8.09. The lowest BCUT2D eigenvalue weighted by Gasteiger charge is -2.32. The predicted octanol–water partition coefficient (Wildman–Crippen LogP) is 3.13. The Kier molecular flexibility index (Phi) is 18.6. The first-order chi connectivity index (χ1) is 29.9. The molecule has 21 heteroatoms. The fraction of sp³-hybridized carbons (Fsp3) is 0.571. The summed E-state index contributed by atoms with van der Waals surface area (Å²) >= 11 is 0.706. The minimum Gasteiger partial charge on any atom is -0.494 e. The number of hydrogen-bond acceptors (Lipinski definition) is 15. The van der Waals surface area contributed by atoms with Crippen molar-refractivity contribution in [2.45, 2.75) is 134 Å². The Morgan fingerprint density at radius 3 is 2.25 bits per heavy atom. The molecule has 0 saturated heterocycles. The van der Waals surface area contributed by atoms with Gasteiger partial charge in [0, 0.05) is 24.9 Å². The van der Waals surface area contributed by atoms with Crippen LogP contribution in [0.25, 0.3) is 10.2 Å². The molecule has 2 heterocycles. The highest BCUT2D eigenvalue weighted by molar-refractivity contribution is 7.92. The van der Waals surface area contributed by atoms with Crippen LogP contribution >= 0.6 is 11.3 Å². The second kappa shape index (κ2) is 23.3. The molecule has 1 fully saturated rings. The van der Waals surface area contributed by atoms with Crippen LogP contribution in [-0.4, -0.2) is 100 Å². The van der Waals surface area contributed by atoms with Crippen LogP contribution in [0.2, 0.25) is 0 Å². The fourth-order valence-corrected chi connectivity index (χ4v) is 9.26. The third kappa shape index (κ3) is 14.0. The van der Waals surface area contributed by atoms with Crippen molar-refractivity contribution in [3.63, 3.8) is 0 Å². The SMILES string of the molecule is CCOc1ccc2nc(S(=O)(=O)NC(=O)C(=O)N(C(=O)CC(N)CC)C(=O)[C@H](CC3CCCCC3)NC(=O)[C@@H](NC(=O)[C@H](CC(C)C)NC(=O)c3cnccn3)[C@@H](C)CC)sc2c1. The molecule has 1 aliphatic rings. The summed E-state index contributed by atoms with van der Waals surface area (Å²) in [4.78, 5) is 109. The molecule has 0 spiro atoms. The number of sulfonamides is 1. The lowest BCUT2D eigenvalue weighted by molar-refractivity contribution is -0.160. The molecule has 1 aliphatic carbocycles. The quantitative estimate of drug-likeness (QED) is 0.102. The molecule has 0 aliphatic heterocycles. The maximum Gasteiger partial charge on any atom is 0.326 e. The van der Waals surface area contributed by atoms with Gasteiger partial charge in [-0.2, -0.15) is 8.42 Å². The van der Waals surface area contributed by atoms with E-state index in [4.69, 9.17) is 10.5 Å². The summed E-state index contributed by atoms with van der Waals surface area (Å²) in [6.45, 7) is 11.0. The Morgan fingerprint density at radius 2 is 1.63 bits per heavy atom. The van der Waals surface area contributed by atoms with Gasteiger partial charge in [-0.05, 0) is 62.1 Å². The smallest absolute Gasteiger partial charge is 0.326 e. The van der Waals surface area contributed by atoms with Crippen LogP contribution < -0.4 is 31.1 Å². The number of benzene rings is 1. The van der Waals surface area contributed by atoms with E-state index in [1.54, 1.807) is 44.5 Å². The average Bonchev–Trinajstić information content (AvgIpc) is 3.70. The summed E-state index contributed by atoms with van der Waals surface area (Å²) in [5.41, 5.74) is 6.32. The summed E-state index contributed by atoms with van der Waals surface area (Å²) < 4.78 is 33.9. The van der Waals surface area contributed by atoms with Gasteiger partial charge in [0.2, 0.25) is 22.1 Å². The summed E-state index contributed by atoms with van der Waals surface area (Å²) in [5.74, 6) is -8.51. The van der Waals surface area contributed by atoms with Gasteiger partial charge in [-0.3, -0.25) is 38.5 Å². The number of carbonyl (C=O) groups excluding carboxylic acids is 7. The zero-order valence-electron chi connectivity index (χ0n) is 36.5. The summed E-state index contributed by atoms with van der Waals surface area (Å²) in [7, 11) is -4.81. The molecule has 2 aromatic heterocycles. The number of nitrogens with two attached hydrogens (primary N) is 1. The van der Waals surface area contributed by atoms with Crippen molar-refractivity contribution in [2.24, 2.45) is 23.5 Å². The van der Waals surface area contributed by atoms with Crippen molar-refractivity contribution in [1.82, 2.24) is 40.5 Å². The first-order valence-corrected chi connectivity index (χ1v) is 23.6. The molecule has 63 heavy (non-hydrogen) atoms. The number of nitrogens with zero attached hydrogens (tertiary/aromatic N) is 4. The molecule has 1 aromatic carbocycles. The van der Waals surface area contributed by atoms with E-state index in [-0.39, 0.29) is 47.2 Å².